The van der Waals surface area contributed by atoms with E-state index in [1.165, 1.54) is 0 Å². The van der Waals surface area contributed by atoms with Gasteiger partial charge < -0.3 is 20.7 Å². The Morgan fingerprint density at radius 2 is 2.00 bits per heavy atom. The van der Waals surface area contributed by atoms with E-state index in [4.69, 9.17) is 10.5 Å². The van der Waals surface area contributed by atoms with Gasteiger partial charge in [-0.05, 0) is 44.7 Å². The molecule has 0 bridgehead atoms. The summed E-state index contributed by atoms with van der Waals surface area (Å²) in [5.74, 6) is -0.540. The van der Waals surface area contributed by atoms with Gasteiger partial charge in [0.1, 0.15) is 11.3 Å². The molecule has 0 unspecified atom stereocenters. The molecule has 1 saturated carbocycles. The first-order valence-corrected chi connectivity index (χ1v) is 7.74. The van der Waals surface area contributed by atoms with Crippen LogP contribution >= 0.6 is 0 Å². The van der Waals surface area contributed by atoms with Crippen LogP contribution in [0.1, 0.15) is 41.7 Å². The summed E-state index contributed by atoms with van der Waals surface area (Å²) in [5, 5.41) is 19.5. The van der Waals surface area contributed by atoms with E-state index in [1.54, 1.807) is 19.1 Å². The number of hydrogen-bond acceptors (Lipinski definition) is 5. The number of carbonyl (C=O) groups is 1. The number of fused-ring (bicyclic) bond motifs is 1. The number of hydrogen-bond donors (Lipinski definition) is 3. The van der Waals surface area contributed by atoms with Crippen molar-refractivity contribution in [1.29, 1.82) is 0 Å². The van der Waals surface area contributed by atoms with Crippen molar-refractivity contribution < 1.29 is 19.7 Å². The monoisotopic (exact) mass is 316 g/mol. The van der Waals surface area contributed by atoms with Gasteiger partial charge in [-0.15, -0.1) is 0 Å². The fraction of sp³-hybridized carbons (Fsp3) is 0.412. The molecule has 1 aliphatic rings. The molecule has 6 heteroatoms. The van der Waals surface area contributed by atoms with Crippen molar-refractivity contribution in [3.05, 3.63) is 29.5 Å². The third kappa shape index (κ3) is 2.94. The summed E-state index contributed by atoms with van der Waals surface area (Å²) < 4.78 is 6.05. The van der Waals surface area contributed by atoms with Crippen LogP contribution in [0.25, 0.3) is 10.9 Å². The molecule has 0 radical (unpaired) electrons. The summed E-state index contributed by atoms with van der Waals surface area (Å²) >= 11 is 0. The molecule has 2 aromatic rings. The summed E-state index contributed by atoms with van der Waals surface area (Å²) in [7, 11) is 0. The quantitative estimate of drug-likeness (QED) is 0.803. The number of ether oxygens (including phenoxy) is 1. The number of rotatable bonds is 3. The second-order valence-electron chi connectivity index (χ2n) is 5.99. The van der Waals surface area contributed by atoms with E-state index in [2.05, 4.69) is 4.98 Å². The number of anilines is 1. The molecule has 6 nitrogen and oxygen atoms in total. The average molecular weight is 316 g/mol. The molecular weight excluding hydrogens is 296 g/mol. The van der Waals surface area contributed by atoms with Crippen molar-refractivity contribution in [1.82, 2.24) is 4.98 Å². The molecule has 122 valence electrons. The highest BCUT2D eigenvalue weighted by molar-refractivity contribution is 6.06. The molecule has 23 heavy (non-hydrogen) atoms. The van der Waals surface area contributed by atoms with Gasteiger partial charge in [-0.25, -0.2) is 4.79 Å². The lowest BCUT2D eigenvalue weighted by atomic mass is 9.95. The van der Waals surface area contributed by atoms with E-state index < -0.39 is 5.97 Å². The van der Waals surface area contributed by atoms with Crippen LogP contribution in [0.5, 0.6) is 5.75 Å². The van der Waals surface area contributed by atoms with Gasteiger partial charge in [0.05, 0.1) is 34.5 Å². The van der Waals surface area contributed by atoms with E-state index >= 15 is 0 Å². The molecule has 0 atom stereocenters. The van der Waals surface area contributed by atoms with Crippen molar-refractivity contribution in [2.45, 2.75) is 44.8 Å². The van der Waals surface area contributed by atoms with Crippen molar-refractivity contribution in [3.63, 3.8) is 0 Å². The van der Waals surface area contributed by atoms with E-state index in [-0.39, 0.29) is 23.5 Å². The molecule has 1 aromatic heterocycles. The largest absolute Gasteiger partial charge is 0.490 e. The molecule has 4 N–H and O–H groups in total. The Morgan fingerprint density at radius 3 is 2.65 bits per heavy atom. The highest BCUT2D eigenvalue weighted by Gasteiger charge is 2.23. The maximum Gasteiger partial charge on any atom is 0.339 e. The predicted molar refractivity (Wildman–Crippen MR) is 86.7 cm³/mol. The van der Waals surface area contributed by atoms with Gasteiger partial charge in [0.25, 0.3) is 0 Å². The molecule has 0 amide bonds. The number of aliphatic hydroxyl groups excluding tert-OH is 1. The third-order valence-corrected chi connectivity index (χ3v) is 4.34. The zero-order chi connectivity index (χ0) is 16.6. The highest BCUT2D eigenvalue weighted by atomic mass is 16.5. The summed E-state index contributed by atoms with van der Waals surface area (Å²) in [6, 6.07) is 5.40. The normalized spacial score (nSPS) is 21.3. The molecule has 3 rings (SSSR count). The molecule has 0 saturated heterocycles. The molecule has 1 aromatic carbocycles. The van der Waals surface area contributed by atoms with Gasteiger partial charge in [-0.2, -0.15) is 0 Å². The molecule has 1 aliphatic carbocycles. The number of nitrogens with two attached hydrogens (primary N) is 1. The number of aryl methyl sites for hydroxylation is 1. The summed E-state index contributed by atoms with van der Waals surface area (Å²) in [4.78, 5) is 15.8. The van der Waals surface area contributed by atoms with Gasteiger partial charge in [0.15, 0.2) is 0 Å². The Hall–Kier alpha value is -2.34. The Kier molecular flexibility index (Phi) is 4.09. The zero-order valence-corrected chi connectivity index (χ0v) is 13.0. The minimum atomic E-state index is -1.09. The van der Waals surface area contributed by atoms with Crippen LogP contribution < -0.4 is 10.5 Å². The van der Waals surface area contributed by atoms with Gasteiger partial charge in [-0.3, -0.25) is 4.98 Å². The number of benzene rings is 1. The Labute approximate surface area is 133 Å². The van der Waals surface area contributed by atoms with Crippen LogP contribution in [0.2, 0.25) is 0 Å². The molecule has 1 heterocycles. The Morgan fingerprint density at radius 1 is 1.30 bits per heavy atom. The van der Waals surface area contributed by atoms with Gasteiger partial charge in [0, 0.05) is 0 Å². The number of aromatic carboxylic acids is 1. The van der Waals surface area contributed by atoms with Crippen LogP contribution in [0.3, 0.4) is 0 Å². The third-order valence-electron chi connectivity index (χ3n) is 4.34. The smallest absolute Gasteiger partial charge is 0.339 e. The molecule has 1 fully saturated rings. The van der Waals surface area contributed by atoms with Gasteiger partial charge >= 0.3 is 5.97 Å². The second-order valence-corrected chi connectivity index (χ2v) is 5.99. The minimum Gasteiger partial charge on any atom is -0.490 e. The lowest BCUT2D eigenvalue weighted by Crippen LogP contribution is -2.26. The summed E-state index contributed by atoms with van der Waals surface area (Å²) in [6.07, 6.45) is 2.70. The average Bonchev–Trinajstić information content (AvgIpc) is 2.49. The Bertz CT molecular complexity index is 752. The lowest BCUT2D eigenvalue weighted by Gasteiger charge is -2.27. The number of aromatic nitrogens is 1. The van der Waals surface area contributed by atoms with E-state index in [0.29, 0.717) is 35.2 Å². The van der Waals surface area contributed by atoms with E-state index in [9.17, 15) is 15.0 Å². The minimum absolute atomic E-state index is 0.00187. The van der Waals surface area contributed by atoms with Crippen LogP contribution in [0.15, 0.2) is 18.2 Å². The number of pyridine rings is 1. The van der Waals surface area contributed by atoms with Gasteiger partial charge in [-0.1, -0.05) is 6.07 Å². The zero-order valence-electron chi connectivity index (χ0n) is 13.0. The number of aliphatic hydroxyl groups is 1. The van der Waals surface area contributed by atoms with Crippen molar-refractivity contribution in [2.24, 2.45) is 0 Å². The predicted octanol–water partition coefficient (Wildman–Crippen LogP) is 2.51. The standard InChI is InChI=1S/C17H20N2O4/c1-9-14(17(21)22)16(18)15-12(19-9)3-2-4-13(15)23-11-7-5-10(20)6-8-11/h2-4,10-11,20H,5-8H2,1H3,(H2,18,19)(H,21,22)/t10-,11-. The molecule has 0 aliphatic heterocycles. The van der Waals surface area contributed by atoms with Crippen LogP contribution in [0.4, 0.5) is 5.69 Å². The van der Waals surface area contributed by atoms with Crippen molar-refractivity contribution >= 4 is 22.6 Å². The van der Waals surface area contributed by atoms with E-state index in [1.807, 2.05) is 6.07 Å². The fourth-order valence-electron chi connectivity index (χ4n) is 3.15. The number of nitrogen functional groups attached to an aromatic ring is 1. The first kappa shape index (κ1) is 15.6. The van der Waals surface area contributed by atoms with Crippen LogP contribution in [-0.4, -0.2) is 33.4 Å². The van der Waals surface area contributed by atoms with Crippen molar-refractivity contribution in [3.8, 4) is 5.75 Å². The second kappa shape index (κ2) is 6.04. The van der Waals surface area contributed by atoms with Crippen LogP contribution in [0, 0.1) is 6.92 Å². The number of carboxylic acid groups (broad SMARTS) is 1. The first-order valence-electron chi connectivity index (χ1n) is 7.74. The lowest BCUT2D eigenvalue weighted by molar-refractivity contribution is 0.0672. The number of nitrogens with zero attached hydrogens (tertiary/aromatic N) is 1. The summed E-state index contributed by atoms with van der Waals surface area (Å²) in [5.41, 5.74) is 7.33. The maximum absolute atomic E-state index is 11.4. The van der Waals surface area contributed by atoms with E-state index in [0.717, 1.165) is 12.8 Å². The first-order chi connectivity index (χ1) is 11.0. The van der Waals surface area contributed by atoms with Crippen molar-refractivity contribution in [2.75, 3.05) is 5.73 Å². The topological polar surface area (TPSA) is 106 Å². The SMILES string of the molecule is Cc1nc2cccc(O[C@H]3CC[C@H](O)CC3)c2c(N)c1C(=O)O. The molecule has 0 spiro atoms. The maximum atomic E-state index is 11.4. The van der Waals surface area contributed by atoms with Crippen LogP contribution in [-0.2, 0) is 0 Å². The highest BCUT2D eigenvalue weighted by Crippen LogP contribution is 2.35. The summed E-state index contributed by atoms with van der Waals surface area (Å²) in [6.45, 7) is 1.63. The number of carboxylic acids is 1. The van der Waals surface area contributed by atoms with Gasteiger partial charge in [0.2, 0.25) is 0 Å². The Balaban J connectivity index is 2.03. The molecular formula is C17H20N2O4. The fourth-order valence-corrected chi connectivity index (χ4v) is 3.15.